The second-order valence-electron chi connectivity index (χ2n) is 6.34. The Morgan fingerprint density at radius 1 is 1.15 bits per heavy atom. The first-order chi connectivity index (χ1) is 12.4. The van der Waals surface area contributed by atoms with E-state index in [9.17, 15) is 9.59 Å². The molecule has 1 atom stereocenters. The molecule has 26 heavy (non-hydrogen) atoms. The SMILES string of the molecule is Cc1cc(C)cc(OC(C)C(=O)NC2=NN(c3ccccc3)C(=O)C2)c1. The van der Waals surface area contributed by atoms with Crippen molar-refractivity contribution < 1.29 is 14.3 Å². The lowest BCUT2D eigenvalue weighted by Crippen LogP contribution is -2.39. The lowest BCUT2D eigenvalue weighted by molar-refractivity contribution is -0.125. The number of hydrogen-bond acceptors (Lipinski definition) is 4. The highest BCUT2D eigenvalue weighted by atomic mass is 16.5. The molecule has 0 aliphatic carbocycles. The van der Waals surface area contributed by atoms with Gasteiger partial charge in [-0.2, -0.15) is 10.1 Å². The van der Waals surface area contributed by atoms with Crippen LogP contribution in [0.25, 0.3) is 0 Å². The Kier molecular flexibility index (Phi) is 5.02. The van der Waals surface area contributed by atoms with Crippen molar-refractivity contribution in [2.45, 2.75) is 33.3 Å². The molecule has 3 rings (SSSR count). The van der Waals surface area contributed by atoms with Gasteiger partial charge in [0.25, 0.3) is 11.8 Å². The third kappa shape index (κ3) is 4.08. The van der Waals surface area contributed by atoms with Gasteiger partial charge in [0, 0.05) is 0 Å². The Morgan fingerprint density at radius 3 is 2.46 bits per heavy atom. The van der Waals surface area contributed by atoms with E-state index >= 15 is 0 Å². The van der Waals surface area contributed by atoms with E-state index in [4.69, 9.17) is 4.74 Å². The fourth-order valence-electron chi connectivity index (χ4n) is 2.77. The van der Waals surface area contributed by atoms with E-state index in [-0.39, 0.29) is 18.2 Å². The quantitative estimate of drug-likeness (QED) is 0.921. The number of nitrogens with zero attached hydrogens (tertiary/aromatic N) is 2. The number of benzene rings is 2. The van der Waals surface area contributed by atoms with Crippen LogP contribution in [0.5, 0.6) is 5.75 Å². The molecule has 0 bridgehead atoms. The van der Waals surface area contributed by atoms with Gasteiger partial charge in [0.15, 0.2) is 6.10 Å². The highest BCUT2D eigenvalue weighted by Gasteiger charge is 2.27. The van der Waals surface area contributed by atoms with Gasteiger partial charge in [-0.3, -0.25) is 9.59 Å². The molecular formula is C20H21N3O3. The summed E-state index contributed by atoms with van der Waals surface area (Å²) in [6, 6.07) is 14.9. The van der Waals surface area contributed by atoms with Crippen LogP contribution < -0.4 is 15.1 Å². The number of nitrogens with one attached hydrogen (secondary N) is 1. The number of ether oxygens (including phenoxy) is 1. The zero-order valence-corrected chi connectivity index (χ0v) is 15.0. The first-order valence-corrected chi connectivity index (χ1v) is 8.43. The van der Waals surface area contributed by atoms with E-state index in [0.29, 0.717) is 17.3 Å². The van der Waals surface area contributed by atoms with E-state index in [2.05, 4.69) is 10.4 Å². The minimum Gasteiger partial charge on any atom is -0.481 e. The summed E-state index contributed by atoms with van der Waals surface area (Å²) in [5, 5.41) is 8.19. The number of rotatable bonds is 4. The third-order valence-electron chi connectivity index (χ3n) is 3.92. The number of hydrogen-bond donors (Lipinski definition) is 1. The van der Waals surface area contributed by atoms with Gasteiger partial charge in [-0.15, -0.1) is 0 Å². The van der Waals surface area contributed by atoms with Crippen LogP contribution in [0.15, 0.2) is 53.6 Å². The van der Waals surface area contributed by atoms with Crippen molar-refractivity contribution in [3.05, 3.63) is 59.7 Å². The summed E-state index contributed by atoms with van der Waals surface area (Å²) in [4.78, 5) is 24.5. The number of amides is 2. The summed E-state index contributed by atoms with van der Waals surface area (Å²) in [5.41, 5.74) is 2.80. The van der Waals surface area contributed by atoms with Gasteiger partial charge >= 0.3 is 0 Å². The Labute approximate surface area is 152 Å². The van der Waals surface area contributed by atoms with Crippen molar-refractivity contribution in [1.82, 2.24) is 5.32 Å². The fraction of sp³-hybridized carbons (Fsp3) is 0.250. The number of para-hydroxylation sites is 1. The smallest absolute Gasteiger partial charge is 0.266 e. The van der Waals surface area contributed by atoms with Gasteiger partial charge in [0.05, 0.1) is 12.1 Å². The predicted octanol–water partition coefficient (Wildman–Crippen LogP) is 2.94. The second-order valence-corrected chi connectivity index (χ2v) is 6.34. The molecule has 2 aromatic rings. The molecule has 0 saturated heterocycles. The first-order valence-electron chi connectivity index (χ1n) is 8.43. The van der Waals surface area contributed by atoms with Crippen LogP contribution in [0, 0.1) is 13.8 Å². The summed E-state index contributed by atoms with van der Waals surface area (Å²) in [6.45, 7) is 5.61. The minimum atomic E-state index is -0.709. The van der Waals surface area contributed by atoms with Crippen molar-refractivity contribution in [1.29, 1.82) is 0 Å². The van der Waals surface area contributed by atoms with Crippen molar-refractivity contribution in [3.8, 4) is 5.75 Å². The summed E-state index contributed by atoms with van der Waals surface area (Å²) in [6.07, 6.45) is -0.656. The van der Waals surface area contributed by atoms with E-state index in [1.165, 1.54) is 5.01 Å². The molecule has 6 heteroatoms. The molecule has 2 amide bonds. The highest BCUT2D eigenvalue weighted by Crippen LogP contribution is 2.20. The largest absolute Gasteiger partial charge is 0.481 e. The molecule has 1 aliphatic heterocycles. The Balaban J connectivity index is 1.65. The van der Waals surface area contributed by atoms with Gasteiger partial charge < -0.3 is 10.1 Å². The average Bonchev–Trinajstić information content (AvgIpc) is 2.95. The molecular weight excluding hydrogens is 330 g/mol. The van der Waals surface area contributed by atoms with Gasteiger partial charge in [-0.05, 0) is 56.2 Å². The molecule has 1 heterocycles. The number of anilines is 1. The molecule has 0 aromatic heterocycles. The number of amidine groups is 1. The molecule has 134 valence electrons. The van der Waals surface area contributed by atoms with E-state index in [1.807, 2.05) is 50.2 Å². The van der Waals surface area contributed by atoms with Crippen LogP contribution in [-0.2, 0) is 9.59 Å². The van der Waals surface area contributed by atoms with Crippen LogP contribution in [0.3, 0.4) is 0 Å². The normalized spacial score (nSPS) is 14.8. The van der Waals surface area contributed by atoms with Crippen molar-refractivity contribution in [2.24, 2.45) is 5.10 Å². The molecule has 1 unspecified atom stereocenters. The molecule has 0 fully saturated rings. The Hall–Kier alpha value is -3.15. The van der Waals surface area contributed by atoms with Crippen LogP contribution >= 0.6 is 0 Å². The standard InChI is InChI=1S/C20H21N3O3/c1-13-9-14(2)11-17(10-13)26-15(3)20(25)21-18-12-19(24)23(22-18)16-7-5-4-6-8-16/h4-11,15H,12H2,1-3H3,(H,21,22,25). The van der Waals surface area contributed by atoms with Gasteiger partial charge in [0.2, 0.25) is 0 Å². The molecule has 2 aromatic carbocycles. The monoisotopic (exact) mass is 351 g/mol. The number of carbonyl (C=O) groups is 2. The van der Waals surface area contributed by atoms with Gasteiger partial charge in [-0.1, -0.05) is 24.3 Å². The summed E-state index contributed by atoms with van der Waals surface area (Å²) in [5.74, 6) is 0.431. The Bertz CT molecular complexity index is 842. The maximum Gasteiger partial charge on any atom is 0.266 e. The number of carbonyl (C=O) groups excluding carboxylic acids is 2. The lowest BCUT2D eigenvalue weighted by Gasteiger charge is -2.15. The van der Waals surface area contributed by atoms with Crippen LogP contribution in [0.2, 0.25) is 0 Å². The average molecular weight is 351 g/mol. The summed E-state index contributed by atoms with van der Waals surface area (Å²) >= 11 is 0. The highest BCUT2D eigenvalue weighted by molar-refractivity contribution is 6.16. The lowest BCUT2D eigenvalue weighted by atomic mass is 10.1. The summed E-state index contributed by atoms with van der Waals surface area (Å²) in [7, 11) is 0. The minimum absolute atomic E-state index is 0.0525. The third-order valence-corrected chi connectivity index (χ3v) is 3.92. The van der Waals surface area contributed by atoms with Crippen LogP contribution in [-0.4, -0.2) is 23.8 Å². The first kappa shape index (κ1) is 17.7. The molecule has 0 saturated carbocycles. The molecule has 6 nitrogen and oxygen atoms in total. The fourth-order valence-corrected chi connectivity index (χ4v) is 2.77. The van der Waals surface area contributed by atoms with Crippen molar-refractivity contribution in [3.63, 3.8) is 0 Å². The summed E-state index contributed by atoms with van der Waals surface area (Å²) < 4.78 is 5.72. The molecule has 1 aliphatic rings. The number of aryl methyl sites for hydroxylation is 2. The van der Waals surface area contributed by atoms with Crippen molar-refractivity contribution in [2.75, 3.05) is 5.01 Å². The van der Waals surface area contributed by atoms with Crippen LogP contribution in [0.4, 0.5) is 5.69 Å². The zero-order valence-electron chi connectivity index (χ0n) is 15.0. The second kappa shape index (κ2) is 7.39. The zero-order chi connectivity index (χ0) is 18.7. The van der Waals surface area contributed by atoms with E-state index in [1.54, 1.807) is 19.1 Å². The van der Waals surface area contributed by atoms with Gasteiger partial charge in [-0.25, -0.2) is 0 Å². The maximum absolute atomic E-state index is 12.4. The maximum atomic E-state index is 12.4. The molecule has 0 spiro atoms. The van der Waals surface area contributed by atoms with E-state index in [0.717, 1.165) is 11.1 Å². The predicted molar refractivity (Wildman–Crippen MR) is 100 cm³/mol. The number of hydrazone groups is 1. The molecule has 0 radical (unpaired) electrons. The molecule has 1 N–H and O–H groups in total. The van der Waals surface area contributed by atoms with Crippen LogP contribution in [0.1, 0.15) is 24.5 Å². The topological polar surface area (TPSA) is 71.0 Å². The van der Waals surface area contributed by atoms with Gasteiger partial charge in [0.1, 0.15) is 11.6 Å². The Morgan fingerprint density at radius 2 is 1.81 bits per heavy atom. The van der Waals surface area contributed by atoms with Crippen molar-refractivity contribution >= 4 is 23.3 Å². The van der Waals surface area contributed by atoms with E-state index < -0.39 is 6.10 Å².